The van der Waals surface area contributed by atoms with Crippen LogP contribution in [0.5, 0.6) is 0 Å². The van der Waals surface area contributed by atoms with Crippen LogP contribution in [0.25, 0.3) is 0 Å². The van der Waals surface area contributed by atoms with Gasteiger partial charge in [0.25, 0.3) is 0 Å². The summed E-state index contributed by atoms with van der Waals surface area (Å²) in [5, 5.41) is 0. The number of ether oxygens (including phenoxy) is 1. The van der Waals surface area contributed by atoms with E-state index in [-0.39, 0.29) is 39.5 Å². The predicted octanol–water partition coefficient (Wildman–Crippen LogP) is 12.4. The molecule has 1 aliphatic carbocycles. The van der Waals surface area contributed by atoms with Crippen molar-refractivity contribution in [3.63, 3.8) is 0 Å². The van der Waals surface area contributed by atoms with Crippen LogP contribution in [0.15, 0.2) is 0 Å². The van der Waals surface area contributed by atoms with E-state index in [1.165, 1.54) is 25.7 Å². The number of rotatable bonds is 3. The Labute approximate surface area is 206 Å². The van der Waals surface area contributed by atoms with Crippen LogP contribution in [0.4, 0.5) is 0 Å². The molecule has 2 atom stereocenters. The molecule has 1 nitrogen and oxygen atoms in total. The van der Waals surface area contributed by atoms with Gasteiger partial charge < -0.3 is 4.74 Å². The third-order valence-electron chi connectivity index (χ3n) is 3.19. The molecule has 0 N–H and O–H groups in total. The molecule has 0 heterocycles. The molecule has 0 bridgehead atoms. The van der Waals surface area contributed by atoms with Crippen LogP contribution >= 0.6 is 0 Å². The predicted molar refractivity (Wildman–Crippen MR) is 162 cm³/mol. The zero-order valence-electron chi connectivity index (χ0n) is 22.6. The zero-order valence-corrected chi connectivity index (χ0v) is 22.6. The average molecular weight is 445 g/mol. The van der Waals surface area contributed by atoms with E-state index < -0.39 is 0 Å². The molecule has 0 aliphatic heterocycles. The van der Waals surface area contributed by atoms with Crippen molar-refractivity contribution in [2.45, 2.75) is 166 Å². The highest BCUT2D eigenvalue weighted by atomic mass is 16.5. The summed E-state index contributed by atoms with van der Waals surface area (Å²) in [5.41, 5.74) is 0.628. The Balaban J connectivity index is -0.0000000129. The third kappa shape index (κ3) is 70.6. The monoisotopic (exact) mass is 445 g/mol. The molecule has 0 aromatic heterocycles. The van der Waals surface area contributed by atoms with Crippen LogP contribution in [-0.2, 0) is 4.74 Å². The highest BCUT2D eigenvalue weighted by Gasteiger charge is 2.32. The molecule has 3 radical (unpaired) electrons. The quantitative estimate of drug-likeness (QED) is 0.393. The lowest BCUT2D eigenvalue weighted by atomic mass is 9.85. The highest BCUT2D eigenvalue weighted by molar-refractivity contribution is 5.75. The molecular weight excluding hydrogens is 363 g/mol. The van der Waals surface area contributed by atoms with Gasteiger partial charge in [0, 0.05) is 23.6 Å². The van der Waals surface area contributed by atoms with Crippen LogP contribution in [0, 0.1) is 11.3 Å². The average Bonchev–Trinajstić information content (AvgIpc) is 3.14. The van der Waals surface area contributed by atoms with Gasteiger partial charge in [0.15, 0.2) is 0 Å². The molecule has 0 spiro atoms. The molecule has 1 aliphatic rings. The summed E-state index contributed by atoms with van der Waals surface area (Å²) in [6.07, 6.45) is 5.47. The van der Waals surface area contributed by atoms with Gasteiger partial charge in [-0.2, -0.15) is 0 Å². The molecule has 2 heteroatoms. The number of hydrogen-bond acceptors (Lipinski definition) is 1. The van der Waals surface area contributed by atoms with Gasteiger partial charge in [0.2, 0.25) is 0 Å². The lowest BCUT2D eigenvalue weighted by molar-refractivity contribution is 0.147. The van der Waals surface area contributed by atoms with E-state index in [1.54, 1.807) is 0 Å². The summed E-state index contributed by atoms with van der Waals surface area (Å²) in [7, 11) is 1.81. The topological polar surface area (TPSA) is 9.23 Å². The van der Waals surface area contributed by atoms with Crippen LogP contribution in [0.2, 0.25) is 0 Å². The Morgan fingerprint density at radius 2 is 0.967 bits per heavy atom. The maximum Gasteiger partial charge on any atom is 0.0490 e. The van der Waals surface area contributed by atoms with Crippen molar-refractivity contribution in [2.24, 2.45) is 11.3 Å². The minimum absolute atomic E-state index is 0. The maximum atomic E-state index is 5.16. The second-order valence-corrected chi connectivity index (χ2v) is 4.23. The molecular formula is C28H80BO. The minimum atomic E-state index is 0. The highest BCUT2D eigenvalue weighted by Crippen LogP contribution is 2.43. The normalized spacial score (nSPS) is 15.3. The first-order valence-corrected chi connectivity index (χ1v) is 11.7. The summed E-state index contributed by atoms with van der Waals surface area (Å²) in [4.78, 5) is 0. The van der Waals surface area contributed by atoms with E-state index in [1.807, 2.05) is 104 Å². The van der Waals surface area contributed by atoms with Crippen molar-refractivity contribution in [3.8, 4) is 0 Å². The van der Waals surface area contributed by atoms with E-state index in [2.05, 4.69) is 13.8 Å². The van der Waals surface area contributed by atoms with Crippen LogP contribution < -0.4 is 0 Å². The van der Waals surface area contributed by atoms with Crippen LogP contribution in [0.1, 0.15) is 168 Å². The van der Waals surface area contributed by atoms with E-state index >= 15 is 0 Å². The lowest BCUT2D eigenvalue weighted by Crippen LogP contribution is -2.11. The zero-order chi connectivity index (χ0) is 22.3. The molecule has 30 heavy (non-hydrogen) atoms. The van der Waals surface area contributed by atoms with E-state index in [0.29, 0.717) is 5.41 Å². The van der Waals surface area contributed by atoms with Crippen molar-refractivity contribution in [2.75, 3.05) is 13.7 Å². The Hall–Kier alpha value is 0.0249. The van der Waals surface area contributed by atoms with Crippen molar-refractivity contribution < 1.29 is 6.16 Å². The molecule has 0 aromatic carbocycles. The summed E-state index contributed by atoms with van der Waals surface area (Å²) in [6, 6.07) is 0. The fraction of sp³-hybridized carbons (Fsp3) is 1.00. The third-order valence-corrected chi connectivity index (χ3v) is 3.19. The van der Waals surface area contributed by atoms with Crippen molar-refractivity contribution in [3.05, 3.63) is 0 Å². The first-order chi connectivity index (χ1) is 12.2. The first-order valence-electron chi connectivity index (χ1n) is 11.7. The van der Waals surface area contributed by atoms with Gasteiger partial charge in [-0.25, -0.2) is 0 Å². The standard InChI is InChI=1S/C10H20O.7C2H6.4CH4.B.H2/c1-4-10(2)6-5-9(7-10)8-11-3;7*1-2;;;;;;/h9H,4-8H2,1-3H3;7*1-2H3;4*1H4;;1H/i;;;;;;;;;;;;;1+1. The van der Waals surface area contributed by atoms with E-state index in [0.717, 1.165) is 12.5 Å². The molecule has 2 unspecified atom stereocenters. The second kappa shape index (κ2) is 101. The Morgan fingerprint density at radius 1 is 0.700 bits per heavy atom. The van der Waals surface area contributed by atoms with E-state index in [4.69, 9.17) is 4.74 Å². The molecule has 1 saturated carbocycles. The van der Waals surface area contributed by atoms with E-state index in [9.17, 15) is 0 Å². The van der Waals surface area contributed by atoms with Gasteiger partial charge in [-0.05, 0) is 30.6 Å². The summed E-state index contributed by atoms with van der Waals surface area (Å²) < 4.78 is 5.16. The fourth-order valence-electron chi connectivity index (χ4n) is 2.15. The first kappa shape index (κ1) is 77.9. The second-order valence-electron chi connectivity index (χ2n) is 4.23. The SMILES string of the molecule is C.C.C.C.CC.CC.CC.CC.CC.CC.CC.CCC1(C)CCC(COC)C1.[2HH].[B]. The van der Waals surface area contributed by atoms with Gasteiger partial charge in [-0.1, -0.05) is 147 Å². The smallest absolute Gasteiger partial charge is 0.0490 e. The Morgan fingerprint density at radius 3 is 1.13 bits per heavy atom. The Bertz CT molecular complexity index is 136. The molecule has 201 valence electrons. The minimum Gasteiger partial charge on any atom is -0.384 e. The molecule has 1 rings (SSSR count). The Kier molecular flexibility index (Phi) is 262. The van der Waals surface area contributed by atoms with Gasteiger partial charge in [-0.15, -0.1) is 0 Å². The van der Waals surface area contributed by atoms with Gasteiger partial charge in [0.05, 0.1) is 0 Å². The van der Waals surface area contributed by atoms with Crippen LogP contribution in [-0.4, -0.2) is 22.1 Å². The number of methoxy groups -OCH3 is 1. The molecule has 0 saturated heterocycles. The maximum absolute atomic E-state index is 5.16. The fourth-order valence-corrected chi connectivity index (χ4v) is 2.15. The lowest BCUT2D eigenvalue weighted by Gasteiger charge is -2.21. The van der Waals surface area contributed by atoms with Gasteiger partial charge in [-0.3, -0.25) is 0 Å². The largest absolute Gasteiger partial charge is 0.384 e. The van der Waals surface area contributed by atoms with Gasteiger partial charge in [0.1, 0.15) is 0 Å². The molecule has 1 fully saturated rings. The summed E-state index contributed by atoms with van der Waals surface area (Å²) in [6.45, 7) is 33.7. The van der Waals surface area contributed by atoms with Crippen molar-refractivity contribution in [1.82, 2.24) is 0 Å². The molecule has 0 amide bonds. The van der Waals surface area contributed by atoms with Crippen molar-refractivity contribution >= 4 is 8.41 Å². The van der Waals surface area contributed by atoms with Gasteiger partial charge >= 0.3 is 0 Å². The summed E-state index contributed by atoms with van der Waals surface area (Å²) >= 11 is 0. The summed E-state index contributed by atoms with van der Waals surface area (Å²) in [5.74, 6) is 0.838. The number of hydrogen-bond donors (Lipinski definition) is 0. The van der Waals surface area contributed by atoms with Crippen molar-refractivity contribution in [1.29, 1.82) is 0 Å². The molecule has 0 aromatic rings. The van der Waals surface area contributed by atoms with Crippen LogP contribution in [0.3, 0.4) is 0 Å².